The second kappa shape index (κ2) is 8.22. The molecule has 6 nitrogen and oxygen atoms in total. The largest absolute Gasteiger partial charge is 0.477 e. The number of amides is 1. The number of benzene rings is 2. The zero-order chi connectivity index (χ0) is 20.3. The number of fused-ring (bicyclic) bond motifs is 1. The molecule has 3 heterocycles. The first-order valence-electron chi connectivity index (χ1n) is 10.7. The third-order valence-corrected chi connectivity index (χ3v) is 5.88. The molecule has 6 heteroatoms. The van der Waals surface area contributed by atoms with Gasteiger partial charge in [-0.3, -0.25) is 4.79 Å². The predicted molar refractivity (Wildman–Crippen MR) is 116 cm³/mol. The summed E-state index contributed by atoms with van der Waals surface area (Å²) in [6.07, 6.45) is 6.63. The van der Waals surface area contributed by atoms with E-state index in [0.717, 1.165) is 49.6 Å². The minimum Gasteiger partial charge on any atom is -0.477 e. The highest BCUT2D eigenvalue weighted by atomic mass is 16.5. The molecule has 2 aliphatic rings. The Morgan fingerprint density at radius 3 is 2.57 bits per heavy atom. The molecule has 0 N–H and O–H groups in total. The molecule has 0 spiro atoms. The fraction of sp³-hybridized carbons (Fsp3) is 0.333. The lowest BCUT2D eigenvalue weighted by molar-refractivity contribution is -0.139. The Labute approximate surface area is 176 Å². The number of rotatable bonds is 4. The van der Waals surface area contributed by atoms with Crippen LogP contribution in [0.3, 0.4) is 0 Å². The van der Waals surface area contributed by atoms with Gasteiger partial charge in [0.25, 0.3) is 5.91 Å². The van der Waals surface area contributed by atoms with Crippen molar-refractivity contribution < 1.29 is 9.53 Å². The summed E-state index contributed by atoms with van der Waals surface area (Å²) in [6.45, 7) is 2.97. The zero-order valence-electron chi connectivity index (χ0n) is 17.0. The molecule has 30 heavy (non-hydrogen) atoms. The van der Waals surface area contributed by atoms with Crippen LogP contribution in [0.4, 0.5) is 5.69 Å². The second-order valence-corrected chi connectivity index (χ2v) is 7.96. The maximum atomic E-state index is 13.1. The van der Waals surface area contributed by atoms with Crippen LogP contribution in [0.5, 0.6) is 5.75 Å². The number of hydrogen-bond acceptors (Lipinski definition) is 4. The molecule has 0 radical (unpaired) electrons. The lowest BCUT2D eigenvalue weighted by Gasteiger charge is -2.38. The monoisotopic (exact) mass is 402 g/mol. The highest BCUT2D eigenvalue weighted by Gasteiger charge is 2.33. The van der Waals surface area contributed by atoms with Crippen molar-refractivity contribution in [2.24, 2.45) is 0 Å². The van der Waals surface area contributed by atoms with E-state index in [1.54, 1.807) is 6.20 Å². The minimum absolute atomic E-state index is 0.114. The van der Waals surface area contributed by atoms with Crippen LogP contribution < -0.4 is 9.64 Å². The number of piperidine rings is 1. The average molecular weight is 402 g/mol. The van der Waals surface area contributed by atoms with Gasteiger partial charge in [-0.25, -0.2) is 4.68 Å². The average Bonchev–Trinajstić information content (AvgIpc) is 3.35. The van der Waals surface area contributed by atoms with Gasteiger partial charge in [0.05, 0.1) is 17.9 Å². The quantitative estimate of drug-likeness (QED) is 0.668. The molecule has 1 fully saturated rings. The SMILES string of the molecule is O=C(C1CN(Cc2ccc(-n3cccn3)cc2)c2ccccc2O1)N1CCCCC1. The first-order valence-corrected chi connectivity index (χ1v) is 10.7. The van der Waals surface area contributed by atoms with Crippen molar-refractivity contribution in [2.75, 3.05) is 24.5 Å². The number of anilines is 1. The molecule has 154 valence electrons. The highest BCUT2D eigenvalue weighted by molar-refractivity contribution is 5.83. The van der Waals surface area contributed by atoms with Gasteiger partial charge in [-0.15, -0.1) is 0 Å². The Hall–Kier alpha value is -3.28. The molecule has 3 aromatic rings. The van der Waals surface area contributed by atoms with Crippen LogP contribution in [0.25, 0.3) is 5.69 Å². The molecular formula is C24H26N4O2. The van der Waals surface area contributed by atoms with Gasteiger partial charge in [0.2, 0.25) is 0 Å². The van der Waals surface area contributed by atoms with Crippen LogP contribution in [0, 0.1) is 0 Å². The molecule has 0 bridgehead atoms. The van der Waals surface area contributed by atoms with E-state index in [2.05, 4.69) is 40.3 Å². The van der Waals surface area contributed by atoms with Crippen LogP contribution >= 0.6 is 0 Å². The molecule has 1 saturated heterocycles. The molecule has 1 aromatic heterocycles. The van der Waals surface area contributed by atoms with E-state index in [-0.39, 0.29) is 5.91 Å². The van der Waals surface area contributed by atoms with E-state index >= 15 is 0 Å². The van der Waals surface area contributed by atoms with Crippen LogP contribution in [0.2, 0.25) is 0 Å². The molecule has 5 rings (SSSR count). The normalized spacial score (nSPS) is 18.6. The molecule has 1 unspecified atom stereocenters. The summed E-state index contributed by atoms with van der Waals surface area (Å²) >= 11 is 0. The molecule has 0 saturated carbocycles. The zero-order valence-corrected chi connectivity index (χ0v) is 17.0. The molecular weight excluding hydrogens is 376 g/mol. The Morgan fingerprint density at radius 1 is 1.00 bits per heavy atom. The fourth-order valence-electron chi connectivity index (χ4n) is 4.30. The summed E-state index contributed by atoms with van der Waals surface area (Å²) in [5.41, 5.74) is 3.26. The number of para-hydroxylation sites is 2. The van der Waals surface area contributed by atoms with E-state index in [9.17, 15) is 4.79 Å². The highest BCUT2D eigenvalue weighted by Crippen LogP contribution is 2.34. The lowest BCUT2D eigenvalue weighted by Crippen LogP contribution is -2.51. The minimum atomic E-state index is -0.457. The van der Waals surface area contributed by atoms with Gasteiger partial charge in [0.15, 0.2) is 6.10 Å². The Morgan fingerprint density at radius 2 is 1.80 bits per heavy atom. The molecule has 1 amide bonds. The summed E-state index contributed by atoms with van der Waals surface area (Å²) in [5, 5.41) is 4.28. The van der Waals surface area contributed by atoms with E-state index in [1.807, 2.05) is 40.0 Å². The third-order valence-electron chi connectivity index (χ3n) is 5.88. The topological polar surface area (TPSA) is 50.6 Å². The van der Waals surface area contributed by atoms with Crippen molar-refractivity contribution in [3.8, 4) is 11.4 Å². The van der Waals surface area contributed by atoms with Gasteiger partial charge in [-0.05, 0) is 55.2 Å². The Balaban J connectivity index is 1.35. The molecule has 1 atom stereocenters. The molecule has 0 aliphatic carbocycles. The lowest BCUT2D eigenvalue weighted by atomic mass is 10.1. The maximum Gasteiger partial charge on any atom is 0.265 e. The Kier molecular flexibility index (Phi) is 5.13. The van der Waals surface area contributed by atoms with Gasteiger partial charge >= 0.3 is 0 Å². The van der Waals surface area contributed by atoms with Gasteiger partial charge in [0.1, 0.15) is 5.75 Å². The van der Waals surface area contributed by atoms with Crippen LogP contribution in [0.1, 0.15) is 24.8 Å². The van der Waals surface area contributed by atoms with Crippen molar-refractivity contribution in [2.45, 2.75) is 31.9 Å². The number of likely N-dealkylation sites (tertiary alicyclic amines) is 1. The predicted octanol–water partition coefficient (Wildman–Crippen LogP) is 3.65. The number of aromatic nitrogens is 2. The standard InChI is InChI=1S/C24H26N4O2/c29-24(26-14-4-1-5-15-26)23-18-27(21-7-2-3-8-22(21)30-23)17-19-9-11-20(12-10-19)28-16-6-13-25-28/h2-3,6-13,16,23H,1,4-5,14-15,17-18H2. The maximum absolute atomic E-state index is 13.1. The van der Waals surface area contributed by atoms with Crippen molar-refractivity contribution >= 4 is 11.6 Å². The molecule has 2 aliphatic heterocycles. The number of carbonyl (C=O) groups excluding carboxylic acids is 1. The van der Waals surface area contributed by atoms with Crippen molar-refractivity contribution in [1.29, 1.82) is 0 Å². The summed E-state index contributed by atoms with van der Waals surface area (Å²) in [4.78, 5) is 17.3. The Bertz CT molecular complexity index is 994. The summed E-state index contributed by atoms with van der Waals surface area (Å²) in [7, 11) is 0. The van der Waals surface area contributed by atoms with E-state index in [0.29, 0.717) is 6.54 Å². The van der Waals surface area contributed by atoms with Crippen molar-refractivity contribution in [3.63, 3.8) is 0 Å². The van der Waals surface area contributed by atoms with Crippen molar-refractivity contribution in [1.82, 2.24) is 14.7 Å². The summed E-state index contributed by atoms with van der Waals surface area (Å²) in [5.74, 6) is 0.899. The summed E-state index contributed by atoms with van der Waals surface area (Å²) < 4.78 is 7.99. The number of nitrogens with zero attached hydrogens (tertiary/aromatic N) is 4. The van der Waals surface area contributed by atoms with Crippen LogP contribution in [-0.4, -0.2) is 46.3 Å². The van der Waals surface area contributed by atoms with E-state index < -0.39 is 6.10 Å². The van der Waals surface area contributed by atoms with Crippen LogP contribution in [0.15, 0.2) is 67.0 Å². The van der Waals surface area contributed by atoms with Gasteiger partial charge < -0.3 is 14.5 Å². The van der Waals surface area contributed by atoms with Gasteiger partial charge in [-0.1, -0.05) is 24.3 Å². The smallest absolute Gasteiger partial charge is 0.265 e. The van der Waals surface area contributed by atoms with Gasteiger partial charge in [0, 0.05) is 32.0 Å². The van der Waals surface area contributed by atoms with Crippen molar-refractivity contribution in [3.05, 3.63) is 72.6 Å². The first-order chi connectivity index (χ1) is 14.8. The number of ether oxygens (including phenoxy) is 1. The third kappa shape index (κ3) is 3.77. The first kappa shape index (κ1) is 18.7. The second-order valence-electron chi connectivity index (χ2n) is 7.96. The molecule has 2 aromatic carbocycles. The van der Waals surface area contributed by atoms with E-state index in [4.69, 9.17) is 4.74 Å². The van der Waals surface area contributed by atoms with E-state index in [1.165, 1.54) is 12.0 Å². The number of hydrogen-bond donors (Lipinski definition) is 0. The summed E-state index contributed by atoms with van der Waals surface area (Å²) in [6, 6.07) is 18.3. The van der Waals surface area contributed by atoms with Gasteiger partial charge in [-0.2, -0.15) is 5.10 Å². The fourth-order valence-corrected chi connectivity index (χ4v) is 4.30. The van der Waals surface area contributed by atoms with Crippen LogP contribution in [-0.2, 0) is 11.3 Å². The number of carbonyl (C=O) groups is 1.